The molecule has 0 heterocycles. The second-order valence-corrected chi connectivity index (χ2v) is 11.5. The Morgan fingerprint density at radius 1 is 0.854 bits per heavy atom. The molecule has 2 unspecified atom stereocenters. The van der Waals surface area contributed by atoms with Gasteiger partial charge >= 0.3 is 6.09 Å². The molecule has 3 amide bonds. The molecule has 41 heavy (non-hydrogen) atoms. The number of para-hydroxylation sites is 1. The second-order valence-electron chi connectivity index (χ2n) is 11.5. The van der Waals surface area contributed by atoms with Crippen molar-refractivity contribution in [3.63, 3.8) is 0 Å². The number of rotatable bonds is 9. The molecule has 0 aromatic heterocycles. The fourth-order valence-corrected chi connectivity index (χ4v) is 4.87. The molecule has 3 aromatic rings. The van der Waals surface area contributed by atoms with Crippen LogP contribution in [0.25, 0.3) is 0 Å². The number of ether oxygens (including phenoxy) is 1. The molecule has 0 aliphatic carbocycles. The van der Waals surface area contributed by atoms with Gasteiger partial charge in [0.25, 0.3) is 5.91 Å². The number of carbonyl (C=O) groups excluding carboxylic acids is 3. The summed E-state index contributed by atoms with van der Waals surface area (Å²) in [6.45, 7) is 15.2. The summed E-state index contributed by atoms with van der Waals surface area (Å²) in [6.07, 6.45) is -0.445. The highest BCUT2D eigenvalue weighted by atomic mass is 16.6. The fourth-order valence-electron chi connectivity index (χ4n) is 4.87. The van der Waals surface area contributed by atoms with Crippen molar-refractivity contribution < 1.29 is 19.1 Å². The van der Waals surface area contributed by atoms with Gasteiger partial charge in [-0.25, -0.2) is 4.79 Å². The fraction of sp³-hybridized carbons (Fsp3) is 0.382. The zero-order valence-electron chi connectivity index (χ0n) is 25.5. The summed E-state index contributed by atoms with van der Waals surface area (Å²) in [5.74, 6) is -0.688. The first-order valence-corrected chi connectivity index (χ1v) is 14.1. The molecule has 3 rings (SSSR count). The standard InChI is InChI=1S/C34H43N3O4/c1-9-37(32(39)28(21-26-16-11-10-12-17-26)35-33(40)41-34(6,7)8)30(27-20-22(2)18-19-23(27)3)31(38)36-29-24(4)14-13-15-25(29)5/h10-20,28,30H,9,21H2,1-8H3,(H,35,40)(H,36,38). The number of carbonyl (C=O) groups is 3. The van der Waals surface area contributed by atoms with E-state index in [1.54, 1.807) is 25.7 Å². The number of aryl methyl sites for hydroxylation is 4. The summed E-state index contributed by atoms with van der Waals surface area (Å²) in [5, 5.41) is 5.90. The molecule has 0 saturated carbocycles. The largest absolute Gasteiger partial charge is 0.444 e. The van der Waals surface area contributed by atoms with Gasteiger partial charge in [-0.2, -0.15) is 0 Å². The molecule has 0 bridgehead atoms. The molecular formula is C34H43N3O4. The van der Waals surface area contributed by atoms with Crippen molar-refractivity contribution in [3.8, 4) is 0 Å². The monoisotopic (exact) mass is 557 g/mol. The Bertz CT molecular complexity index is 1360. The Labute approximate surface area is 244 Å². The van der Waals surface area contributed by atoms with E-state index in [2.05, 4.69) is 10.6 Å². The minimum absolute atomic E-state index is 0.244. The number of amides is 3. The third-order valence-corrected chi connectivity index (χ3v) is 6.91. The maximum atomic E-state index is 14.4. The van der Waals surface area contributed by atoms with E-state index in [1.807, 2.05) is 101 Å². The van der Waals surface area contributed by atoms with Gasteiger partial charge in [0.1, 0.15) is 17.7 Å². The quantitative estimate of drug-likeness (QED) is 0.311. The molecule has 0 spiro atoms. The van der Waals surface area contributed by atoms with E-state index in [1.165, 1.54) is 0 Å². The minimum Gasteiger partial charge on any atom is -0.444 e. The van der Waals surface area contributed by atoms with E-state index in [-0.39, 0.29) is 24.8 Å². The SMILES string of the molecule is CCN(C(=O)C(Cc1ccccc1)NC(=O)OC(C)(C)C)C(C(=O)Nc1c(C)cccc1C)c1cc(C)ccc1C. The third kappa shape index (κ3) is 8.43. The Hall–Kier alpha value is -4.13. The Balaban J connectivity index is 2.07. The van der Waals surface area contributed by atoms with E-state index in [0.29, 0.717) is 0 Å². The van der Waals surface area contributed by atoms with Crippen LogP contribution in [-0.4, -0.2) is 41.0 Å². The molecule has 2 N–H and O–H groups in total. The van der Waals surface area contributed by atoms with Crippen LogP contribution in [0, 0.1) is 27.7 Å². The molecule has 218 valence electrons. The summed E-state index contributed by atoms with van der Waals surface area (Å²) in [5.41, 5.74) is 5.34. The number of likely N-dealkylation sites (N-methyl/N-ethyl adjacent to an activating group) is 1. The normalized spacial score (nSPS) is 12.7. The van der Waals surface area contributed by atoms with E-state index in [9.17, 15) is 14.4 Å². The van der Waals surface area contributed by atoms with Crippen LogP contribution in [0.5, 0.6) is 0 Å². The lowest BCUT2D eigenvalue weighted by Crippen LogP contribution is -2.53. The minimum atomic E-state index is -0.951. The van der Waals surface area contributed by atoms with E-state index < -0.39 is 23.8 Å². The molecule has 0 aliphatic heterocycles. The van der Waals surface area contributed by atoms with Crippen molar-refractivity contribution in [3.05, 3.63) is 100 Å². The van der Waals surface area contributed by atoms with Crippen molar-refractivity contribution in [1.82, 2.24) is 10.2 Å². The van der Waals surface area contributed by atoms with Crippen LogP contribution in [0.4, 0.5) is 10.5 Å². The Morgan fingerprint density at radius 3 is 2.07 bits per heavy atom. The smallest absolute Gasteiger partial charge is 0.408 e. The molecule has 0 radical (unpaired) electrons. The highest BCUT2D eigenvalue weighted by Crippen LogP contribution is 2.29. The van der Waals surface area contributed by atoms with Crippen molar-refractivity contribution in [2.45, 2.75) is 79.5 Å². The van der Waals surface area contributed by atoms with Crippen molar-refractivity contribution >= 4 is 23.6 Å². The maximum Gasteiger partial charge on any atom is 0.408 e. The van der Waals surface area contributed by atoms with E-state index in [4.69, 9.17) is 4.74 Å². The van der Waals surface area contributed by atoms with Crippen LogP contribution in [0.2, 0.25) is 0 Å². The first-order chi connectivity index (χ1) is 19.3. The summed E-state index contributed by atoms with van der Waals surface area (Å²) in [4.78, 5) is 42.9. The first-order valence-electron chi connectivity index (χ1n) is 14.1. The van der Waals surface area contributed by atoms with Gasteiger partial charge in [-0.05, 0) is 83.2 Å². The average Bonchev–Trinajstić information content (AvgIpc) is 2.89. The van der Waals surface area contributed by atoms with Gasteiger partial charge in [0.2, 0.25) is 5.91 Å². The number of nitrogens with zero attached hydrogens (tertiary/aromatic N) is 1. The molecule has 7 heteroatoms. The second kappa shape index (κ2) is 13.5. The lowest BCUT2D eigenvalue weighted by Gasteiger charge is -2.34. The number of alkyl carbamates (subject to hydrolysis) is 1. The van der Waals surface area contributed by atoms with Gasteiger partial charge < -0.3 is 20.3 Å². The van der Waals surface area contributed by atoms with E-state index >= 15 is 0 Å². The average molecular weight is 558 g/mol. The molecule has 0 aliphatic rings. The van der Waals surface area contributed by atoms with Crippen LogP contribution < -0.4 is 10.6 Å². The lowest BCUT2D eigenvalue weighted by molar-refractivity contribution is -0.140. The van der Waals surface area contributed by atoms with Gasteiger partial charge in [-0.1, -0.05) is 72.3 Å². The number of hydrogen-bond donors (Lipinski definition) is 2. The van der Waals surface area contributed by atoms with Gasteiger partial charge in [0.15, 0.2) is 0 Å². The molecule has 0 fully saturated rings. The number of anilines is 1. The van der Waals surface area contributed by atoms with Crippen LogP contribution in [0.3, 0.4) is 0 Å². The topological polar surface area (TPSA) is 87.7 Å². The third-order valence-electron chi connectivity index (χ3n) is 6.91. The molecular weight excluding hydrogens is 514 g/mol. The highest BCUT2D eigenvalue weighted by Gasteiger charge is 2.36. The summed E-state index contributed by atoms with van der Waals surface area (Å²) in [6, 6.07) is 19.3. The first kappa shape index (κ1) is 31.4. The Morgan fingerprint density at radius 2 is 1.49 bits per heavy atom. The van der Waals surface area contributed by atoms with Crippen LogP contribution in [0.1, 0.15) is 67.1 Å². The summed E-state index contributed by atoms with van der Waals surface area (Å²) >= 11 is 0. The molecule has 7 nitrogen and oxygen atoms in total. The van der Waals surface area contributed by atoms with Crippen LogP contribution in [-0.2, 0) is 20.7 Å². The van der Waals surface area contributed by atoms with Crippen LogP contribution >= 0.6 is 0 Å². The zero-order chi connectivity index (χ0) is 30.3. The number of nitrogens with one attached hydrogen (secondary N) is 2. The molecule has 2 atom stereocenters. The Kier molecular flexibility index (Phi) is 10.3. The predicted octanol–water partition coefficient (Wildman–Crippen LogP) is 6.58. The maximum absolute atomic E-state index is 14.4. The number of hydrogen-bond acceptors (Lipinski definition) is 4. The highest BCUT2D eigenvalue weighted by molar-refractivity contribution is 6.00. The van der Waals surface area contributed by atoms with Gasteiger partial charge in [-0.15, -0.1) is 0 Å². The van der Waals surface area contributed by atoms with Gasteiger partial charge in [-0.3, -0.25) is 9.59 Å². The van der Waals surface area contributed by atoms with Crippen molar-refractivity contribution in [2.24, 2.45) is 0 Å². The summed E-state index contributed by atoms with van der Waals surface area (Å²) in [7, 11) is 0. The number of benzene rings is 3. The molecule has 3 aromatic carbocycles. The molecule has 0 saturated heterocycles. The van der Waals surface area contributed by atoms with E-state index in [0.717, 1.165) is 39.1 Å². The van der Waals surface area contributed by atoms with Gasteiger partial charge in [0, 0.05) is 18.7 Å². The van der Waals surface area contributed by atoms with Crippen LogP contribution in [0.15, 0.2) is 66.7 Å². The van der Waals surface area contributed by atoms with Gasteiger partial charge in [0.05, 0.1) is 0 Å². The zero-order valence-corrected chi connectivity index (χ0v) is 25.5. The van der Waals surface area contributed by atoms with Crippen molar-refractivity contribution in [1.29, 1.82) is 0 Å². The lowest BCUT2D eigenvalue weighted by atomic mass is 9.95. The summed E-state index contributed by atoms with van der Waals surface area (Å²) < 4.78 is 5.50. The van der Waals surface area contributed by atoms with Crippen molar-refractivity contribution in [2.75, 3.05) is 11.9 Å². The predicted molar refractivity (Wildman–Crippen MR) is 164 cm³/mol.